The summed E-state index contributed by atoms with van der Waals surface area (Å²) in [4.78, 5) is 23.1. The van der Waals surface area contributed by atoms with E-state index in [0.717, 1.165) is 44.9 Å². The van der Waals surface area contributed by atoms with Crippen molar-refractivity contribution in [2.24, 2.45) is 11.7 Å². The van der Waals surface area contributed by atoms with Gasteiger partial charge in [-0.3, -0.25) is 9.59 Å². The highest BCUT2D eigenvalue weighted by Gasteiger charge is 2.38. The summed E-state index contributed by atoms with van der Waals surface area (Å²) in [6, 6.07) is -0.0200. The van der Waals surface area contributed by atoms with Gasteiger partial charge in [0.15, 0.2) is 0 Å². The molecular weight excluding hydrogens is 232 g/mol. The molecule has 0 aliphatic heterocycles. The van der Waals surface area contributed by atoms with Crippen LogP contribution in [0.5, 0.6) is 0 Å². The third kappa shape index (κ3) is 2.83. The van der Waals surface area contributed by atoms with Crippen LogP contribution in [0, 0.1) is 5.92 Å². The fourth-order valence-corrected chi connectivity index (χ4v) is 3.11. The highest BCUT2D eigenvalue weighted by atomic mass is 16.4. The molecule has 2 atom stereocenters. The summed E-state index contributed by atoms with van der Waals surface area (Å²) in [5.41, 5.74) is 5.37. The van der Waals surface area contributed by atoms with Crippen LogP contribution in [-0.2, 0) is 9.59 Å². The molecule has 4 N–H and O–H groups in total. The summed E-state index contributed by atoms with van der Waals surface area (Å²) in [5.74, 6) is -1.16. The van der Waals surface area contributed by atoms with E-state index in [-0.39, 0.29) is 17.9 Å². The van der Waals surface area contributed by atoms with Gasteiger partial charge < -0.3 is 16.2 Å². The Labute approximate surface area is 107 Å². The number of carbonyl (C=O) groups is 2. The smallest absolute Gasteiger partial charge is 0.306 e. The monoisotopic (exact) mass is 254 g/mol. The first kappa shape index (κ1) is 13.3. The first-order chi connectivity index (χ1) is 8.51. The minimum absolute atomic E-state index is 0.0200. The molecule has 2 fully saturated rings. The Kier molecular flexibility index (Phi) is 3.90. The van der Waals surface area contributed by atoms with Crippen LogP contribution < -0.4 is 11.1 Å². The minimum Gasteiger partial charge on any atom is -0.481 e. The predicted molar refractivity (Wildman–Crippen MR) is 66.9 cm³/mol. The summed E-state index contributed by atoms with van der Waals surface area (Å²) in [7, 11) is 0. The van der Waals surface area contributed by atoms with Crippen LogP contribution in [-0.4, -0.2) is 28.6 Å². The van der Waals surface area contributed by atoms with Crippen LogP contribution in [0.25, 0.3) is 0 Å². The normalized spacial score (nSPS) is 30.9. The molecule has 0 bridgehead atoms. The Bertz CT molecular complexity index is 337. The molecule has 2 unspecified atom stereocenters. The largest absolute Gasteiger partial charge is 0.481 e. The molecule has 0 spiro atoms. The quantitative estimate of drug-likeness (QED) is 0.701. The van der Waals surface area contributed by atoms with Crippen molar-refractivity contribution in [2.75, 3.05) is 0 Å². The van der Waals surface area contributed by atoms with Gasteiger partial charge in [0.25, 0.3) is 0 Å². The molecular formula is C13H22N2O3. The number of nitrogens with one attached hydrogen (secondary N) is 1. The molecule has 1 amide bonds. The third-order valence-corrected chi connectivity index (χ3v) is 4.31. The zero-order chi connectivity index (χ0) is 13.2. The van der Waals surface area contributed by atoms with E-state index < -0.39 is 11.5 Å². The Morgan fingerprint density at radius 2 is 1.83 bits per heavy atom. The van der Waals surface area contributed by atoms with Crippen molar-refractivity contribution >= 4 is 11.9 Å². The SMILES string of the molecule is NC1(C(=O)NC2CCCC(C(=O)O)C2)CCCC1. The van der Waals surface area contributed by atoms with Crippen molar-refractivity contribution in [3.63, 3.8) is 0 Å². The Hall–Kier alpha value is -1.10. The van der Waals surface area contributed by atoms with Gasteiger partial charge in [0.2, 0.25) is 5.91 Å². The van der Waals surface area contributed by atoms with Crippen molar-refractivity contribution in [1.82, 2.24) is 5.32 Å². The lowest BCUT2D eigenvalue weighted by Gasteiger charge is -2.31. The van der Waals surface area contributed by atoms with E-state index in [9.17, 15) is 9.59 Å². The molecule has 0 radical (unpaired) electrons. The van der Waals surface area contributed by atoms with Gasteiger partial charge in [-0.05, 0) is 32.1 Å². The fraction of sp³-hybridized carbons (Fsp3) is 0.846. The molecule has 102 valence electrons. The molecule has 0 aromatic heterocycles. The molecule has 5 heteroatoms. The Balaban J connectivity index is 1.89. The number of carboxylic acid groups (broad SMARTS) is 1. The third-order valence-electron chi connectivity index (χ3n) is 4.31. The number of amides is 1. The van der Waals surface area contributed by atoms with Gasteiger partial charge in [-0.2, -0.15) is 0 Å². The number of hydrogen-bond donors (Lipinski definition) is 3. The lowest BCUT2D eigenvalue weighted by atomic mass is 9.85. The molecule has 0 aromatic rings. The average Bonchev–Trinajstić information content (AvgIpc) is 2.78. The van der Waals surface area contributed by atoms with Crippen LogP contribution in [0.3, 0.4) is 0 Å². The number of carbonyl (C=O) groups excluding carboxylic acids is 1. The number of nitrogens with two attached hydrogens (primary N) is 1. The molecule has 18 heavy (non-hydrogen) atoms. The second kappa shape index (κ2) is 5.26. The Morgan fingerprint density at radius 3 is 2.44 bits per heavy atom. The molecule has 2 aliphatic carbocycles. The van der Waals surface area contributed by atoms with E-state index >= 15 is 0 Å². The zero-order valence-electron chi connectivity index (χ0n) is 10.7. The molecule has 2 saturated carbocycles. The second-order valence-electron chi connectivity index (χ2n) is 5.74. The summed E-state index contributed by atoms with van der Waals surface area (Å²) in [6.45, 7) is 0. The first-order valence-electron chi connectivity index (χ1n) is 6.84. The highest BCUT2D eigenvalue weighted by Crippen LogP contribution is 2.29. The molecule has 5 nitrogen and oxygen atoms in total. The van der Waals surface area contributed by atoms with Gasteiger partial charge >= 0.3 is 5.97 Å². The van der Waals surface area contributed by atoms with Crippen molar-refractivity contribution in [1.29, 1.82) is 0 Å². The molecule has 0 saturated heterocycles. The molecule has 2 aliphatic rings. The van der Waals surface area contributed by atoms with Crippen molar-refractivity contribution in [3.8, 4) is 0 Å². The molecule has 2 rings (SSSR count). The number of carboxylic acids is 1. The summed E-state index contributed by atoms with van der Waals surface area (Å²) in [6.07, 6.45) is 6.48. The van der Waals surface area contributed by atoms with E-state index in [0.29, 0.717) is 6.42 Å². The van der Waals surface area contributed by atoms with Crippen molar-refractivity contribution in [3.05, 3.63) is 0 Å². The maximum atomic E-state index is 12.1. The van der Waals surface area contributed by atoms with Crippen LogP contribution in [0.2, 0.25) is 0 Å². The van der Waals surface area contributed by atoms with Crippen molar-refractivity contribution in [2.45, 2.75) is 62.9 Å². The van der Waals surface area contributed by atoms with E-state index in [1.807, 2.05) is 0 Å². The van der Waals surface area contributed by atoms with Gasteiger partial charge in [0, 0.05) is 6.04 Å². The van der Waals surface area contributed by atoms with E-state index in [1.165, 1.54) is 0 Å². The maximum Gasteiger partial charge on any atom is 0.306 e. The molecule has 0 aromatic carbocycles. The maximum absolute atomic E-state index is 12.1. The average molecular weight is 254 g/mol. The summed E-state index contributed by atoms with van der Waals surface area (Å²) in [5, 5.41) is 12.0. The van der Waals surface area contributed by atoms with Crippen LogP contribution in [0.15, 0.2) is 0 Å². The zero-order valence-corrected chi connectivity index (χ0v) is 10.7. The van der Waals surface area contributed by atoms with Crippen molar-refractivity contribution < 1.29 is 14.7 Å². The number of rotatable bonds is 3. The number of aliphatic carboxylic acids is 1. The Morgan fingerprint density at radius 1 is 1.17 bits per heavy atom. The van der Waals surface area contributed by atoms with E-state index in [1.54, 1.807) is 0 Å². The van der Waals surface area contributed by atoms with E-state index in [2.05, 4.69) is 5.32 Å². The fourth-order valence-electron chi connectivity index (χ4n) is 3.11. The molecule has 0 heterocycles. The lowest BCUT2D eigenvalue weighted by Crippen LogP contribution is -2.55. The van der Waals surface area contributed by atoms with E-state index in [4.69, 9.17) is 10.8 Å². The van der Waals surface area contributed by atoms with Crippen LogP contribution in [0.1, 0.15) is 51.4 Å². The first-order valence-corrected chi connectivity index (χ1v) is 6.84. The standard InChI is InChI=1S/C13H22N2O3/c14-13(6-1-2-7-13)12(18)15-10-5-3-4-9(8-10)11(16)17/h9-10H,1-8,14H2,(H,15,18)(H,16,17). The number of hydrogen-bond acceptors (Lipinski definition) is 3. The summed E-state index contributed by atoms with van der Waals surface area (Å²) < 4.78 is 0. The topological polar surface area (TPSA) is 92.4 Å². The van der Waals surface area contributed by atoms with Crippen LogP contribution in [0.4, 0.5) is 0 Å². The van der Waals surface area contributed by atoms with Crippen LogP contribution >= 0.6 is 0 Å². The van der Waals surface area contributed by atoms with Gasteiger partial charge in [-0.15, -0.1) is 0 Å². The minimum atomic E-state index is -0.753. The second-order valence-corrected chi connectivity index (χ2v) is 5.74. The lowest BCUT2D eigenvalue weighted by molar-refractivity contribution is -0.143. The predicted octanol–water partition coefficient (Wildman–Crippen LogP) is 1.02. The van der Waals surface area contributed by atoms with Gasteiger partial charge in [0.05, 0.1) is 11.5 Å². The summed E-state index contributed by atoms with van der Waals surface area (Å²) >= 11 is 0. The van der Waals surface area contributed by atoms with Gasteiger partial charge in [-0.25, -0.2) is 0 Å². The van der Waals surface area contributed by atoms with Gasteiger partial charge in [0.1, 0.15) is 0 Å². The highest BCUT2D eigenvalue weighted by molar-refractivity contribution is 5.86. The van der Waals surface area contributed by atoms with Gasteiger partial charge in [-0.1, -0.05) is 19.3 Å².